The standard InChI is InChI=1S/C24H33NO6/c1-6-30-24(27)18-14-25-19(15(2)3)10-16-11-23(31-9-7-8-28-4)22(29-5)12-17(16)20(25)13-21(18)26/h11-12,14-15,19-20H,6-10,13H2,1-5H3. The van der Waals surface area contributed by atoms with Gasteiger partial charge in [0, 0.05) is 38.8 Å². The number of rotatable bonds is 9. The molecule has 0 N–H and O–H groups in total. The van der Waals surface area contributed by atoms with Gasteiger partial charge in [0.15, 0.2) is 17.3 Å². The van der Waals surface area contributed by atoms with Crippen LogP contribution in [0.15, 0.2) is 23.9 Å². The monoisotopic (exact) mass is 431 g/mol. The molecule has 0 amide bonds. The normalized spacial score (nSPS) is 20.1. The highest BCUT2D eigenvalue weighted by molar-refractivity contribution is 6.17. The minimum absolute atomic E-state index is 0.136. The molecule has 2 heterocycles. The van der Waals surface area contributed by atoms with Crippen LogP contribution in [-0.4, -0.2) is 56.7 Å². The van der Waals surface area contributed by atoms with Gasteiger partial charge in [0.25, 0.3) is 0 Å². The fourth-order valence-electron chi connectivity index (χ4n) is 4.35. The average molecular weight is 432 g/mol. The number of fused-ring (bicyclic) bond motifs is 3. The maximum atomic E-state index is 12.8. The van der Waals surface area contributed by atoms with Crippen LogP contribution in [0.2, 0.25) is 0 Å². The van der Waals surface area contributed by atoms with Crippen LogP contribution >= 0.6 is 0 Å². The van der Waals surface area contributed by atoms with Gasteiger partial charge in [-0.05, 0) is 42.5 Å². The van der Waals surface area contributed by atoms with Crippen LogP contribution in [0.3, 0.4) is 0 Å². The number of Topliss-reactive ketones (excluding diaryl/α,β-unsaturated/α-hetero) is 1. The van der Waals surface area contributed by atoms with E-state index in [-0.39, 0.29) is 36.5 Å². The summed E-state index contributed by atoms with van der Waals surface area (Å²) in [6.45, 7) is 7.48. The number of carbonyl (C=O) groups excluding carboxylic acids is 2. The number of carbonyl (C=O) groups is 2. The van der Waals surface area contributed by atoms with Crippen molar-refractivity contribution in [3.8, 4) is 11.5 Å². The molecule has 0 bridgehead atoms. The lowest BCUT2D eigenvalue weighted by Crippen LogP contribution is -2.47. The highest BCUT2D eigenvalue weighted by Crippen LogP contribution is 2.45. The number of methoxy groups -OCH3 is 2. The fourth-order valence-corrected chi connectivity index (χ4v) is 4.35. The summed E-state index contributed by atoms with van der Waals surface area (Å²) >= 11 is 0. The highest BCUT2D eigenvalue weighted by Gasteiger charge is 2.41. The number of hydrogen-bond acceptors (Lipinski definition) is 7. The Balaban J connectivity index is 1.97. The minimum atomic E-state index is -0.545. The van der Waals surface area contributed by atoms with E-state index in [0.29, 0.717) is 30.6 Å². The average Bonchev–Trinajstić information content (AvgIpc) is 2.75. The molecule has 2 aliphatic rings. The molecule has 0 saturated carbocycles. The van der Waals surface area contributed by atoms with E-state index in [2.05, 4.69) is 18.7 Å². The van der Waals surface area contributed by atoms with E-state index in [1.54, 1.807) is 27.3 Å². The molecule has 0 saturated heterocycles. The third-order valence-electron chi connectivity index (χ3n) is 5.93. The van der Waals surface area contributed by atoms with E-state index < -0.39 is 5.97 Å². The number of esters is 1. The molecule has 0 radical (unpaired) electrons. The maximum Gasteiger partial charge on any atom is 0.343 e. The Morgan fingerprint density at radius 3 is 2.58 bits per heavy atom. The van der Waals surface area contributed by atoms with Gasteiger partial charge in [0.05, 0.1) is 26.4 Å². The van der Waals surface area contributed by atoms with Crippen molar-refractivity contribution in [3.05, 3.63) is 35.0 Å². The second kappa shape index (κ2) is 10.2. The molecular weight excluding hydrogens is 398 g/mol. The first kappa shape index (κ1) is 23.1. The van der Waals surface area contributed by atoms with Crippen molar-refractivity contribution in [2.24, 2.45) is 5.92 Å². The number of ketones is 1. The Hall–Kier alpha value is -2.54. The largest absolute Gasteiger partial charge is 0.493 e. The predicted molar refractivity (Wildman–Crippen MR) is 116 cm³/mol. The van der Waals surface area contributed by atoms with Gasteiger partial charge in [-0.15, -0.1) is 0 Å². The molecular formula is C24H33NO6. The maximum absolute atomic E-state index is 12.8. The summed E-state index contributed by atoms with van der Waals surface area (Å²) in [5.74, 6) is 0.951. The first-order chi connectivity index (χ1) is 14.9. The van der Waals surface area contributed by atoms with Gasteiger partial charge < -0.3 is 23.8 Å². The van der Waals surface area contributed by atoms with E-state index in [1.807, 2.05) is 12.1 Å². The predicted octanol–water partition coefficient (Wildman–Crippen LogP) is 3.45. The van der Waals surface area contributed by atoms with Crippen LogP contribution in [0.5, 0.6) is 11.5 Å². The summed E-state index contributed by atoms with van der Waals surface area (Å²) in [5, 5.41) is 0. The number of ether oxygens (including phenoxy) is 4. The molecule has 7 heteroatoms. The second-order valence-corrected chi connectivity index (χ2v) is 8.27. The van der Waals surface area contributed by atoms with Gasteiger partial charge in [-0.2, -0.15) is 0 Å². The van der Waals surface area contributed by atoms with Crippen LogP contribution < -0.4 is 9.47 Å². The van der Waals surface area contributed by atoms with Gasteiger partial charge in [0.1, 0.15) is 5.57 Å². The first-order valence-electron chi connectivity index (χ1n) is 10.9. The molecule has 1 aromatic carbocycles. The Kier molecular flexibility index (Phi) is 7.59. The fraction of sp³-hybridized carbons (Fsp3) is 0.583. The first-order valence-corrected chi connectivity index (χ1v) is 10.9. The quantitative estimate of drug-likeness (QED) is 0.337. The Morgan fingerprint density at radius 1 is 1.16 bits per heavy atom. The lowest BCUT2D eigenvalue weighted by Gasteiger charge is -2.46. The van der Waals surface area contributed by atoms with Gasteiger partial charge in [-0.3, -0.25) is 4.79 Å². The highest BCUT2D eigenvalue weighted by atomic mass is 16.5. The molecule has 7 nitrogen and oxygen atoms in total. The zero-order chi connectivity index (χ0) is 22.5. The summed E-state index contributed by atoms with van der Waals surface area (Å²) < 4.78 is 21.8. The van der Waals surface area contributed by atoms with Crippen molar-refractivity contribution in [2.75, 3.05) is 34.0 Å². The smallest absolute Gasteiger partial charge is 0.343 e. The zero-order valence-electron chi connectivity index (χ0n) is 19.1. The van der Waals surface area contributed by atoms with E-state index in [4.69, 9.17) is 18.9 Å². The SMILES string of the molecule is CCOC(=O)C1=CN2C(CC1=O)c1cc(OC)c(OCCCOC)cc1CC2C(C)C. The van der Waals surface area contributed by atoms with Crippen molar-refractivity contribution < 1.29 is 28.5 Å². The van der Waals surface area contributed by atoms with Crippen molar-refractivity contribution in [2.45, 2.75) is 52.1 Å². The molecule has 1 aromatic rings. The van der Waals surface area contributed by atoms with E-state index in [0.717, 1.165) is 24.0 Å². The number of nitrogens with zero attached hydrogens (tertiary/aromatic N) is 1. The lowest BCUT2D eigenvalue weighted by atomic mass is 9.80. The Labute approximate surface area is 184 Å². The van der Waals surface area contributed by atoms with Gasteiger partial charge in [0.2, 0.25) is 0 Å². The zero-order valence-corrected chi connectivity index (χ0v) is 19.1. The summed E-state index contributed by atoms with van der Waals surface area (Å²) in [5.41, 5.74) is 2.34. The van der Waals surface area contributed by atoms with Crippen molar-refractivity contribution >= 4 is 11.8 Å². The van der Waals surface area contributed by atoms with Gasteiger partial charge in [-0.25, -0.2) is 4.79 Å². The summed E-state index contributed by atoms with van der Waals surface area (Å²) in [4.78, 5) is 27.3. The van der Waals surface area contributed by atoms with Gasteiger partial charge >= 0.3 is 5.97 Å². The molecule has 0 fully saturated rings. The third kappa shape index (κ3) is 4.87. The molecule has 0 spiro atoms. The van der Waals surface area contributed by atoms with Gasteiger partial charge in [-0.1, -0.05) is 13.8 Å². The lowest BCUT2D eigenvalue weighted by molar-refractivity contribution is -0.140. The van der Waals surface area contributed by atoms with E-state index in [1.165, 1.54) is 0 Å². The number of benzene rings is 1. The molecule has 170 valence electrons. The van der Waals surface area contributed by atoms with Crippen molar-refractivity contribution in [3.63, 3.8) is 0 Å². The Morgan fingerprint density at radius 2 is 1.94 bits per heavy atom. The minimum Gasteiger partial charge on any atom is -0.493 e. The van der Waals surface area contributed by atoms with Crippen molar-refractivity contribution in [1.82, 2.24) is 4.90 Å². The molecule has 2 atom stereocenters. The Bertz CT molecular complexity index is 847. The summed E-state index contributed by atoms with van der Waals surface area (Å²) in [7, 11) is 3.29. The second-order valence-electron chi connectivity index (χ2n) is 8.27. The molecule has 0 aromatic heterocycles. The molecule has 2 unspecified atom stereocenters. The van der Waals surface area contributed by atoms with Crippen LogP contribution in [0, 0.1) is 5.92 Å². The summed E-state index contributed by atoms with van der Waals surface area (Å²) in [6, 6.07) is 4.04. The van der Waals surface area contributed by atoms with E-state index in [9.17, 15) is 9.59 Å². The van der Waals surface area contributed by atoms with Crippen molar-refractivity contribution in [1.29, 1.82) is 0 Å². The van der Waals surface area contributed by atoms with Crippen LogP contribution in [-0.2, 0) is 25.5 Å². The molecule has 3 rings (SSSR count). The molecule has 0 aliphatic carbocycles. The molecule has 2 aliphatic heterocycles. The summed E-state index contributed by atoms with van der Waals surface area (Å²) in [6.07, 6.45) is 3.53. The number of hydrogen-bond donors (Lipinski definition) is 0. The van der Waals surface area contributed by atoms with E-state index >= 15 is 0 Å². The van der Waals surface area contributed by atoms with Crippen LogP contribution in [0.1, 0.15) is 50.8 Å². The van der Waals surface area contributed by atoms with Crippen LogP contribution in [0.25, 0.3) is 0 Å². The molecule has 31 heavy (non-hydrogen) atoms. The topological polar surface area (TPSA) is 74.3 Å². The van der Waals surface area contributed by atoms with Crippen LogP contribution in [0.4, 0.5) is 0 Å². The third-order valence-corrected chi connectivity index (χ3v) is 5.93.